The molecule has 4 rings (SSSR count). The van der Waals surface area contributed by atoms with Crippen LogP contribution in [0.3, 0.4) is 0 Å². The van der Waals surface area contributed by atoms with Crippen molar-refractivity contribution in [2.75, 3.05) is 18.4 Å². The molecule has 0 saturated heterocycles. The highest BCUT2D eigenvalue weighted by molar-refractivity contribution is 7.91. The van der Waals surface area contributed by atoms with Crippen LogP contribution in [0.25, 0.3) is 10.2 Å². The summed E-state index contributed by atoms with van der Waals surface area (Å²) in [4.78, 5) is 23.5. The Labute approximate surface area is 246 Å². The number of carbonyl (C=O) groups excluding carboxylic acids is 1. The van der Waals surface area contributed by atoms with Crippen LogP contribution in [-0.4, -0.2) is 60.4 Å². The zero-order chi connectivity index (χ0) is 29.6. The average molecular weight is 598 g/mol. The number of anilines is 1. The average Bonchev–Trinajstić information content (AvgIpc) is 3.31. The molecule has 41 heavy (non-hydrogen) atoms. The molecule has 0 spiro atoms. The van der Waals surface area contributed by atoms with Crippen LogP contribution in [-0.2, 0) is 21.3 Å². The zero-order valence-corrected chi connectivity index (χ0v) is 25.8. The van der Waals surface area contributed by atoms with Gasteiger partial charge in [0.25, 0.3) is 0 Å². The molecule has 0 radical (unpaired) electrons. The van der Waals surface area contributed by atoms with Crippen molar-refractivity contribution in [1.29, 1.82) is 0 Å². The molecule has 2 N–H and O–H groups in total. The minimum absolute atomic E-state index is 0.0202. The lowest BCUT2D eigenvalue weighted by molar-refractivity contribution is -0.116. The second kappa shape index (κ2) is 13.7. The van der Waals surface area contributed by atoms with Gasteiger partial charge in [0, 0.05) is 56.1 Å². The van der Waals surface area contributed by atoms with E-state index in [0.717, 1.165) is 18.7 Å². The Kier molecular flexibility index (Phi) is 10.3. The largest absolute Gasteiger partial charge is 0.379 e. The Morgan fingerprint density at radius 3 is 2.63 bits per heavy atom. The van der Waals surface area contributed by atoms with Crippen molar-refractivity contribution in [1.82, 2.24) is 20.2 Å². The predicted molar refractivity (Wildman–Crippen MR) is 166 cm³/mol. The number of hydrogen-bond donors (Lipinski definition) is 2. The van der Waals surface area contributed by atoms with E-state index in [1.807, 2.05) is 25.1 Å². The van der Waals surface area contributed by atoms with E-state index in [0.29, 0.717) is 40.3 Å². The maximum Gasteiger partial charge on any atom is 0.338 e. The Hall–Kier alpha value is -3.12. The molecule has 2 unspecified atom stereocenters. The van der Waals surface area contributed by atoms with Crippen LogP contribution in [0.4, 0.5) is 5.13 Å². The van der Waals surface area contributed by atoms with Crippen LogP contribution in [0, 0.1) is 5.92 Å². The lowest BCUT2D eigenvalue weighted by Gasteiger charge is -2.32. The standard InChI is InChI=1S/C30H39N5O4S2/c1-20(2)35(21(3)4)16-15-32-26-12-10-25(17-22(26)5)41(37,38)39-24-9-11-27-28(18-24)40-30(33-27)34-29(36)13-8-23-7-6-14-31-19-23/h6-7,9-12,14,17-22,26,32H,8,13,15-16H2,1-5H3,(H,33,34,36). The number of nitrogens with one attached hydrogen (secondary N) is 2. The summed E-state index contributed by atoms with van der Waals surface area (Å²) < 4.78 is 32.4. The molecule has 1 aromatic carbocycles. The van der Waals surface area contributed by atoms with Crippen LogP contribution in [0.2, 0.25) is 0 Å². The maximum atomic E-state index is 13.1. The van der Waals surface area contributed by atoms with Gasteiger partial charge in [-0.1, -0.05) is 36.5 Å². The van der Waals surface area contributed by atoms with Gasteiger partial charge in [0.1, 0.15) is 10.7 Å². The first-order valence-corrected chi connectivity index (χ1v) is 16.2. The minimum Gasteiger partial charge on any atom is -0.379 e. The molecular formula is C30H39N5O4S2. The van der Waals surface area contributed by atoms with Crippen molar-refractivity contribution in [3.05, 3.63) is 71.4 Å². The zero-order valence-electron chi connectivity index (χ0n) is 24.2. The number of fused-ring (bicyclic) bond motifs is 1. The van der Waals surface area contributed by atoms with Gasteiger partial charge < -0.3 is 14.8 Å². The molecule has 0 saturated carbocycles. The summed E-state index contributed by atoms with van der Waals surface area (Å²) in [6.45, 7) is 12.5. The van der Waals surface area contributed by atoms with Crippen LogP contribution in [0.1, 0.15) is 46.6 Å². The Morgan fingerprint density at radius 2 is 1.95 bits per heavy atom. The number of nitrogens with zero attached hydrogens (tertiary/aromatic N) is 3. The van der Waals surface area contributed by atoms with Crippen LogP contribution in [0.15, 0.2) is 65.9 Å². The summed E-state index contributed by atoms with van der Waals surface area (Å²) in [6, 6.07) is 9.62. The second-order valence-corrected chi connectivity index (χ2v) is 13.4. The van der Waals surface area contributed by atoms with Gasteiger partial charge in [-0.15, -0.1) is 0 Å². The minimum atomic E-state index is -4.02. The lowest BCUT2D eigenvalue weighted by atomic mass is 9.97. The molecule has 1 amide bonds. The smallest absolute Gasteiger partial charge is 0.338 e. The summed E-state index contributed by atoms with van der Waals surface area (Å²) in [6.07, 6.45) is 9.56. The third kappa shape index (κ3) is 8.45. The van der Waals surface area contributed by atoms with Gasteiger partial charge in [0.2, 0.25) is 5.91 Å². The van der Waals surface area contributed by atoms with E-state index in [-0.39, 0.29) is 28.5 Å². The third-order valence-corrected chi connectivity index (χ3v) is 9.20. The summed E-state index contributed by atoms with van der Waals surface area (Å²) in [5.74, 6) is 0.0237. The number of aromatic nitrogens is 2. The quantitative estimate of drug-likeness (QED) is 0.261. The van der Waals surface area contributed by atoms with Crippen molar-refractivity contribution in [2.45, 2.75) is 65.6 Å². The molecule has 0 fully saturated rings. The van der Waals surface area contributed by atoms with E-state index in [2.05, 4.69) is 53.2 Å². The molecule has 11 heteroatoms. The fourth-order valence-corrected chi connectivity index (χ4v) is 6.85. The Morgan fingerprint density at radius 1 is 1.17 bits per heavy atom. The summed E-state index contributed by atoms with van der Waals surface area (Å²) in [5, 5.41) is 6.81. The highest BCUT2D eigenvalue weighted by atomic mass is 32.2. The van der Waals surface area contributed by atoms with Gasteiger partial charge in [0.15, 0.2) is 5.13 Å². The monoisotopic (exact) mass is 597 g/mol. The van der Waals surface area contributed by atoms with E-state index in [4.69, 9.17) is 4.18 Å². The van der Waals surface area contributed by atoms with Crippen molar-refractivity contribution >= 4 is 42.7 Å². The number of amides is 1. The normalized spacial score (nSPS) is 17.4. The molecule has 220 valence electrons. The Balaban J connectivity index is 1.33. The van der Waals surface area contributed by atoms with E-state index < -0.39 is 10.1 Å². The van der Waals surface area contributed by atoms with Crippen molar-refractivity contribution in [2.24, 2.45) is 5.92 Å². The molecule has 9 nitrogen and oxygen atoms in total. The molecule has 0 aliphatic heterocycles. The topological polar surface area (TPSA) is 114 Å². The summed E-state index contributed by atoms with van der Waals surface area (Å²) in [5.41, 5.74) is 1.63. The third-order valence-electron chi connectivity index (χ3n) is 7.00. The first-order valence-electron chi connectivity index (χ1n) is 13.9. The molecule has 2 atom stereocenters. The lowest BCUT2D eigenvalue weighted by Crippen LogP contribution is -2.44. The molecule has 2 aromatic heterocycles. The van der Waals surface area contributed by atoms with E-state index in [1.165, 1.54) is 11.3 Å². The van der Waals surface area contributed by atoms with Gasteiger partial charge in [0.05, 0.1) is 10.2 Å². The fourth-order valence-electron chi connectivity index (χ4n) is 4.86. The van der Waals surface area contributed by atoms with E-state index >= 15 is 0 Å². The number of pyridine rings is 1. The van der Waals surface area contributed by atoms with Gasteiger partial charge in [-0.2, -0.15) is 8.42 Å². The van der Waals surface area contributed by atoms with Gasteiger partial charge >= 0.3 is 10.1 Å². The van der Waals surface area contributed by atoms with Gasteiger partial charge in [-0.05, 0) is 69.9 Å². The predicted octanol–water partition coefficient (Wildman–Crippen LogP) is 5.14. The molecule has 1 aliphatic carbocycles. The number of carbonyl (C=O) groups is 1. The highest BCUT2D eigenvalue weighted by Gasteiger charge is 2.25. The summed E-state index contributed by atoms with van der Waals surface area (Å²) >= 11 is 1.27. The SMILES string of the molecule is CC1C=C(S(=O)(=O)Oc2ccc3nc(NC(=O)CCc4cccnc4)sc3c2)C=CC1NCCN(C(C)C)C(C)C. The van der Waals surface area contributed by atoms with Crippen LogP contribution >= 0.6 is 11.3 Å². The maximum absolute atomic E-state index is 13.1. The van der Waals surface area contributed by atoms with Crippen molar-refractivity contribution < 1.29 is 17.4 Å². The van der Waals surface area contributed by atoms with Crippen molar-refractivity contribution in [3.63, 3.8) is 0 Å². The molecule has 0 bridgehead atoms. The number of thiazole rings is 1. The first kappa shape index (κ1) is 30.8. The van der Waals surface area contributed by atoms with Gasteiger partial charge in [-0.25, -0.2) is 4.98 Å². The van der Waals surface area contributed by atoms with Crippen molar-refractivity contribution in [3.8, 4) is 5.75 Å². The molecule has 1 aliphatic rings. The van der Waals surface area contributed by atoms with Gasteiger partial charge in [-0.3, -0.25) is 14.7 Å². The van der Waals surface area contributed by atoms with Crippen LogP contribution < -0.4 is 14.8 Å². The first-order chi connectivity index (χ1) is 19.5. The van der Waals surface area contributed by atoms with E-state index in [9.17, 15) is 13.2 Å². The summed E-state index contributed by atoms with van der Waals surface area (Å²) in [7, 11) is -4.02. The number of aryl methyl sites for hydroxylation is 1. The van der Waals surface area contributed by atoms with E-state index in [1.54, 1.807) is 42.7 Å². The molecule has 2 heterocycles. The number of hydrogen-bond acceptors (Lipinski definition) is 9. The number of benzene rings is 1. The number of rotatable bonds is 13. The highest BCUT2D eigenvalue weighted by Crippen LogP contribution is 2.31. The molecule has 3 aromatic rings. The number of allylic oxidation sites excluding steroid dienone is 1. The Bertz CT molecular complexity index is 1490. The second-order valence-electron chi connectivity index (χ2n) is 10.8. The van der Waals surface area contributed by atoms with Crippen LogP contribution in [0.5, 0.6) is 5.75 Å². The molecular weight excluding hydrogens is 558 g/mol. The fraction of sp³-hybridized carbons (Fsp3) is 0.433.